The van der Waals surface area contributed by atoms with E-state index in [9.17, 15) is 14.3 Å². The van der Waals surface area contributed by atoms with Gasteiger partial charge in [-0.25, -0.2) is 9.37 Å². The molecule has 1 aromatic carbocycles. The van der Waals surface area contributed by atoms with Crippen LogP contribution >= 0.6 is 0 Å². The summed E-state index contributed by atoms with van der Waals surface area (Å²) in [6.07, 6.45) is 0.940. The molecule has 0 saturated heterocycles. The SMILES string of the molecule is CCN1Cc2cc(F)c(C(=O)Nc3cccc(C(=N)N(C=N)C(C)CO)n3)cc2C1. The number of benzene rings is 1. The van der Waals surface area contributed by atoms with Crippen LogP contribution in [0.4, 0.5) is 10.2 Å². The zero-order valence-corrected chi connectivity index (χ0v) is 16.9. The van der Waals surface area contributed by atoms with Crippen molar-refractivity contribution in [3.8, 4) is 0 Å². The number of nitrogens with zero attached hydrogens (tertiary/aromatic N) is 3. The Morgan fingerprint density at radius 1 is 1.40 bits per heavy atom. The molecule has 2 heterocycles. The highest BCUT2D eigenvalue weighted by Crippen LogP contribution is 2.26. The van der Waals surface area contributed by atoms with Gasteiger partial charge in [0, 0.05) is 13.1 Å². The number of hydrogen-bond acceptors (Lipinski definition) is 6. The van der Waals surface area contributed by atoms with Crippen molar-refractivity contribution in [3.63, 3.8) is 0 Å². The average molecular weight is 412 g/mol. The van der Waals surface area contributed by atoms with E-state index in [0.717, 1.165) is 24.0 Å². The summed E-state index contributed by atoms with van der Waals surface area (Å²) >= 11 is 0. The second-order valence-electron chi connectivity index (χ2n) is 7.18. The number of aromatic nitrogens is 1. The fourth-order valence-electron chi connectivity index (χ4n) is 3.34. The number of fused-ring (bicyclic) bond motifs is 1. The number of aliphatic hydroxyl groups excluding tert-OH is 1. The Kier molecular flexibility index (Phi) is 6.53. The lowest BCUT2D eigenvalue weighted by Gasteiger charge is -2.25. The number of carbonyl (C=O) groups excluding carboxylic acids is 1. The Balaban J connectivity index is 1.79. The molecule has 1 aliphatic heterocycles. The first-order chi connectivity index (χ1) is 14.4. The zero-order chi connectivity index (χ0) is 21.8. The lowest BCUT2D eigenvalue weighted by atomic mass is 10.1. The van der Waals surface area contributed by atoms with Gasteiger partial charge in [0.25, 0.3) is 5.91 Å². The molecule has 1 unspecified atom stereocenters. The molecule has 0 aliphatic carbocycles. The number of anilines is 1. The summed E-state index contributed by atoms with van der Waals surface area (Å²) < 4.78 is 14.5. The van der Waals surface area contributed by atoms with Crippen LogP contribution in [-0.2, 0) is 13.1 Å². The number of nitrogens with one attached hydrogen (secondary N) is 3. The van der Waals surface area contributed by atoms with E-state index in [1.54, 1.807) is 31.2 Å². The molecule has 158 valence electrons. The summed E-state index contributed by atoms with van der Waals surface area (Å²) in [6, 6.07) is 7.24. The van der Waals surface area contributed by atoms with Crippen molar-refractivity contribution >= 4 is 23.9 Å². The van der Waals surface area contributed by atoms with Crippen molar-refractivity contribution in [1.82, 2.24) is 14.8 Å². The van der Waals surface area contributed by atoms with Gasteiger partial charge in [-0.3, -0.25) is 20.5 Å². The first-order valence-corrected chi connectivity index (χ1v) is 9.68. The van der Waals surface area contributed by atoms with Crippen molar-refractivity contribution in [1.29, 1.82) is 10.8 Å². The number of carbonyl (C=O) groups is 1. The van der Waals surface area contributed by atoms with Gasteiger partial charge in [0.2, 0.25) is 0 Å². The zero-order valence-electron chi connectivity index (χ0n) is 16.9. The van der Waals surface area contributed by atoms with Crippen molar-refractivity contribution in [2.75, 3.05) is 18.5 Å². The molecule has 2 aromatic rings. The topological polar surface area (TPSA) is 116 Å². The van der Waals surface area contributed by atoms with Crippen molar-refractivity contribution in [3.05, 3.63) is 58.5 Å². The normalized spacial score (nSPS) is 14.1. The predicted molar refractivity (Wildman–Crippen MR) is 112 cm³/mol. The molecule has 0 radical (unpaired) electrons. The minimum atomic E-state index is -0.617. The second kappa shape index (κ2) is 9.10. The lowest BCUT2D eigenvalue weighted by molar-refractivity contribution is 0.102. The molecule has 4 N–H and O–H groups in total. The lowest BCUT2D eigenvalue weighted by Crippen LogP contribution is -2.39. The molecular formula is C21H25FN6O2. The van der Waals surface area contributed by atoms with Gasteiger partial charge in [0.05, 0.1) is 24.6 Å². The largest absolute Gasteiger partial charge is 0.394 e. The molecule has 1 atom stereocenters. The van der Waals surface area contributed by atoms with Crippen LogP contribution in [0.3, 0.4) is 0 Å². The summed E-state index contributed by atoms with van der Waals surface area (Å²) in [5.74, 6) is -1.13. The van der Waals surface area contributed by atoms with E-state index in [1.165, 1.54) is 11.0 Å². The number of rotatable bonds is 7. The van der Waals surface area contributed by atoms with Gasteiger partial charge in [0.15, 0.2) is 5.84 Å². The van der Waals surface area contributed by atoms with Gasteiger partial charge >= 0.3 is 0 Å². The third kappa shape index (κ3) is 4.37. The maximum absolute atomic E-state index is 14.5. The molecule has 1 aliphatic rings. The first kappa shape index (κ1) is 21.5. The highest BCUT2D eigenvalue weighted by Gasteiger charge is 2.23. The molecule has 3 rings (SSSR count). The Labute approximate surface area is 174 Å². The van der Waals surface area contributed by atoms with Crippen molar-refractivity contribution in [2.45, 2.75) is 33.0 Å². The maximum atomic E-state index is 14.5. The number of amidine groups is 1. The van der Waals surface area contributed by atoms with Crippen molar-refractivity contribution in [2.24, 2.45) is 0 Å². The number of aliphatic hydroxyl groups is 1. The monoisotopic (exact) mass is 412 g/mol. The Morgan fingerprint density at radius 2 is 2.10 bits per heavy atom. The van der Waals surface area contributed by atoms with E-state index >= 15 is 0 Å². The standard InChI is InChI=1S/C21H25FN6O2/c1-3-27-9-14-7-16(17(22)8-15(14)10-27)21(30)26-19-6-4-5-18(25-19)20(24)28(12-23)13(2)11-29/h4-8,12-13,23-24,29H,3,9-11H2,1-2H3,(H,25,26,30). The third-order valence-corrected chi connectivity index (χ3v) is 5.14. The van der Waals surface area contributed by atoms with Crippen molar-refractivity contribution < 1.29 is 14.3 Å². The van der Waals surface area contributed by atoms with Crippen LogP contribution in [0.2, 0.25) is 0 Å². The fraction of sp³-hybridized carbons (Fsp3) is 0.333. The highest BCUT2D eigenvalue weighted by atomic mass is 19.1. The summed E-state index contributed by atoms with van der Waals surface area (Å²) in [5, 5.41) is 27.6. The molecule has 8 nitrogen and oxygen atoms in total. The second-order valence-corrected chi connectivity index (χ2v) is 7.18. The molecule has 1 aromatic heterocycles. The van der Waals surface area contributed by atoms with Crippen LogP contribution < -0.4 is 5.32 Å². The Bertz CT molecular complexity index is 980. The number of hydrogen-bond donors (Lipinski definition) is 4. The molecular weight excluding hydrogens is 387 g/mol. The van der Waals surface area contributed by atoms with Crippen LogP contribution in [0.1, 0.15) is 41.0 Å². The van der Waals surface area contributed by atoms with Gasteiger partial charge < -0.3 is 15.3 Å². The van der Waals surface area contributed by atoms with Crippen LogP contribution in [0.25, 0.3) is 0 Å². The molecule has 0 saturated carbocycles. The summed E-state index contributed by atoms with van der Waals surface area (Å²) in [5.41, 5.74) is 1.99. The summed E-state index contributed by atoms with van der Waals surface area (Å²) in [6.45, 7) is 5.67. The Hall–Kier alpha value is -3.17. The van der Waals surface area contributed by atoms with E-state index < -0.39 is 17.8 Å². The van der Waals surface area contributed by atoms with Gasteiger partial charge in [-0.15, -0.1) is 0 Å². The van der Waals surface area contributed by atoms with Gasteiger partial charge in [-0.2, -0.15) is 0 Å². The first-order valence-electron chi connectivity index (χ1n) is 9.68. The van der Waals surface area contributed by atoms with Gasteiger partial charge in [-0.1, -0.05) is 13.0 Å². The molecule has 1 amide bonds. The summed E-state index contributed by atoms with van der Waals surface area (Å²) in [4.78, 5) is 20.3. The van der Waals surface area contributed by atoms with Crippen LogP contribution in [0.15, 0.2) is 30.3 Å². The highest BCUT2D eigenvalue weighted by molar-refractivity contribution is 6.05. The minimum Gasteiger partial charge on any atom is -0.394 e. The van der Waals surface area contributed by atoms with Gasteiger partial charge in [-0.05, 0) is 48.9 Å². The fourth-order valence-corrected chi connectivity index (χ4v) is 3.34. The Morgan fingerprint density at radius 3 is 2.73 bits per heavy atom. The molecule has 30 heavy (non-hydrogen) atoms. The van der Waals surface area contributed by atoms with E-state index in [2.05, 4.69) is 15.2 Å². The smallest absolute Gasteiger partial charge is 0.259 e. The molecule has 0 bridgehead atoms. The number of halogens is 1. The quantitative estimate of drug-likeness (QED) is 0.412. The van der Waals surface area contributed by atoms with Crippen LogP contribution in [0.5, 0.6) is 0 Å². The molecule has 0 spiro atoms. The van der Waals surface area contributed by atoms with E-state index in [1.807, 2.05) is 6.92 Å². The van der Waals surface area contributed by atoms with E-state index in [-0.39, 0.29) is 29.5 Å². The maximum Gasteiger partial charge on any atom is 0.259 e. The number of amides is 1. The minimum absolute atomic E-state index is 0.0518. The average Bonchev–Trinajstić information content (AvgIpc) is 3.15. The van der Waals surface area contributed by atoms with E-state index in [4.69, 9.17) is 10.8 Å². The predicted octanol–water partition coefficient (Wildman–Crippen LogP) is 2.42. The van der Waals surface area contributed by atoms with Crippen LogP contribution in [0, 0.1) is 16.6 Å². The molecule has 9 heteroatoms. The third-order valence-electron chi connectivity index (χ3n) is 5.14. The van der Waals surface area contributed by atoms with E-state index in [0.29, 0.717) is 13.1 Å². The van der Waals surface area contributed by atoms with Gasteiger partial charge in [0.1, 0.15) is 17.3 Å². The van der Waals surface area contributed by atoms with Crippen LogP contribution in [-0.4, -0.2) is 57.2 Å². The number of pyridine rings is 1. The molecule has 0 fully saturated rings. The summed E-state index contributed by atoms with van der Waals surface area (Å²) in [7, 11) is 0.